The highest BCUT2D eigenvalue weighted by molar-refractivity contribution is 7.98. The fourth-order valence-corrected chi connectivity index (χ4v) is 4.31. The zero-order chi connectivity index (χ0) is 19.3. The molecule has 4 rings (SSSR count). The van der Waals surface area contributed by atoms with Crippen molar-refractivity contribution in [2.45, 2.75) is 30.4 Å². The van der Waals surface area contributed by atoms with Gasteiger partial charge >= 0.3 is 0 Å². The van der Waals surface area contributed by atoms with E-state index in [0.717, 1.165) is 47.9 Å². The van der Waals surface area contributed by atoms with Crippen molar-refractivity contribution in [1.29, 1.82) is 0 Å². The van der Waals surface area contributed by atoms with Crippen LogP contribution in [0.3, 0.4) is 0 Å². The first-order chi connectivity index (χ1) is 13.7. The van der Waals surface area contributed by atoms with Crippen LogP contribution in [0.4, 0.5) is 0 Å². The number of rotatable bonds is 5. The highest BCUT2D eigenvalue weighted by Gasteiger charge is 2.23. The molecule has 0 atom stereocenters. The number of carbonyl (C=O) groups excluding carboxylic acids is 1. The van der Waals surface area contributed by atoms with Gasteiger partial charge in [0, 0.05) is 18.0 Å². The molecular formula is C21H23N5OS. The molecule has 2 heterocycles. The largest absolute Gasteiger partial charge is 0.339 e. The third-order valence-corrected chi connectivity index (χ3v) is 6.15. The molecule has 0 radical (unpaired) electrons. The van der Waals surface area contributed by atoms with Crippen molar-refractivity contribution in [3.05, 3.63) is 66.0 Å². The van der Waals surface area contributed by atoms with Gasteiger partial charge in [0.25, 0.3) is 5.91 Å². The molecule has 0 spiro atoms. The summed E-state index contributed by atoms with van der Waals surface area (Å²) in [6.07, 6.45) is 2.15. The number of para-hydroxylation sites is 1. The SMILES string of the molecule is CC1CCN(C(=O)c2ccccc2SCc2nnnn2-c2ccccc2)CC1. The maximum Gasteiger partial charge on any atom is 0.254 e. The van der Waals surface area contributed by atoms with E-state index in [4.69, 9.17) is 0 Å². The summed E-state index contributed by atoms with van der Waals surface area (Å²) in [4.78, 5) is 16.0. The predicted octanol–water partition coefficient (Wildman–Crippen LogP) is 3.83. The van der Waals surface area contributed by atoms with Gasteiger partial charge in [-0.1, -0.05) is 37.3 Å². The molecule has 6 nitrogen and oxygen atoms in total. The van der Waals surface area contributed by atoms with Crippen LogP contribution in [-0.4, -0.2) is 44.1 Å². The van der Waals surface area contributed by atoms with Gasteiger partial charge in [-0.3, -0.25) is 4.79 Å². The Labute approximate surface area is 168 Å². The van der Waals surface area contributed by atoms with Gasteiger partial charge in [0.15, 0.2) is 5.82 Å². The van der Waals surface area contributed by atoms with Gasteiger partial charge in [0.05, 0.1) is 17.0 Å². The molecule has 1 saturated heterocycles. The van der Waals surface area contributed by atoms with Crippen molar-refractivity contribution < 1.29 is 4.79 Å². The lowest BCUT2D eigenvalue weighted by molar-refractivity contribution is 0.0693. The highest BCUT2D eigenvalue weighted by atomic mass is 32.2. The number of carbonyl (C=O) groups is 1. The maximum atomic E-state index is 13.0. The molecule has 1 aliphatic rings. The number of hydrogen-bond donors (Lipinski definition) is 0. The van der Waals surface area contributed by atoms with Crippen molar-refractivity contribution in [1.82, 2.24) is 25.1 Å². The number of tetrazole rings is 1. The molecule has 1 aliphatic heterocycles. The van der Waals surface area contributed by atoms with Gasteiger partial charge in [0.1, 0.15) is 0 Å². The summed E-state index contributed by atoms with van der Waals surface area (Å²) in [5, 5.41) is 12.1. The Balaban J connectivity index is 1.50. The van der Waals surface area contributed by atoms with E-state index in [-0.39, 0.29) is 5.91 Å². The smallest absolute Gasteiger partial charge is 0.254 e. The summed E-state index contributed by atoms with van der Waals surface area (Å²) >= 11 is 1.60. The normalized spacial score (nSPS) is 15.0. The summed E-state index contributed by atoms with van der Waals surface area (Å²) in [5.74, 6) is 2.16. The molecule has 2 aromatic carbocycles. The van der Waals surface area contributed by atoms with E-state index in [1.807, 2.05) is 59.5 Å². The molecule has 0 bridgehead atoms. The molecule has 28 heavy (non-hydrogen) atoms. The second kappa shape index (κ2) is 8.56. The number of hydrogen-bond acceptors (Lipinski definition) is 5. The highest BCUT2D eigenvalue weighted by Crippen LogP contribution is 2.28. The average Bonchev–Trinajstić information content (AvgIpc) is 3.22. The van der Waals surface area contributed by atoms with E-state index in [2.05, 4.69) is 22.4 Å². The van der Waals surface area contributed by atoms with Gasteiger partial charge in [-0.15, -0.1) is 16.9 Å². The first-order valence-electron chi connectivity index (χ1n) is 9.56. The van der Waals surface area contributed by atoms with Crippen LogP contribution < -0.4 is 0 Å². The standard InChI is InChI=1S/C21H23N5OS/c1-16-11-13-25(14-12-16)21(27)18-9-5-6-10-19(18)28-15-20-22-23-24-26(20)17-7-3-2-4-8-17/h2-10,16H,11-15H2,1H3. The number of likely N-dealkylation sites (tertiary alicyclic amines) is 1. The van der Waals surface area contributed by atoms with Crippen LogP contribution in [0.5, 0.6) is 0 Å². The van der Waals surface area contributed by atoms with E-state index in [9.17, 15) is 4.79 Å². The summed E-state index contributed by atoms with van der Waals surface area (Å²) in [7, 11) is 0. The molecular weight excluding hydrogens is 370 g/mol. The molecule has 144 valence electrons. The number of piperidine rings is 1. The molecule has 0 unspecified atom stereocenters. The molecule has 1 amide bonds. The summed E-state index contributed by atoms with van der Waals surface area (Å²) in [6, 6.07) is 17.6. The van der Waals surface area contributed by atoms with Gasteiger partial charge < -0.3 is 4.90 Å². The van der Waals surface area contributed by atoms with Crippen LogP contribution in [-0.2, 0) is 5.75 Å². The molecule has 7 heteroatoms. The lowest BCUT2D eigenvalue weighted by atomic mass is 9.98. The Morgan fingerprint density at radius 2 is 1.79 bits per heavy atom. The second-order valence-electron chi connectivity index (χ2n) is 7.10. The van der Waals surface area contributed by atoms with Crippen molar-refractivity contribution in [2.24, 2.45) is 5.92 Å². The van der Waals surface area contributed by atoms with Gasteiger partial charge in [-0.05, 0) is 53.5 Å². The molecule has 0 N–H and O–H groups in total. The van der Waals surface area contributed by atoms with Crippen LogP contribution >= 0.6 is 11.8 Å². The fourth-order valence-electron chi connectivity index (χ4n) is 3.36. The van der Waals surface area contributed by atoms with Gasteiger partial charge in [-0.25, -0.2) is 0 Å². The van der Waals surface area contributed by atoms with E-state index >= 15 is 0 Å². The maximum absolute atomic E-state index is 13.0. The molecule has 1 aromatic heterocycles. The summed E-state index contributed by atoms with van der Waals surface area (Å²) in [6.45, 7) is 3.93. The van der Waals surface area contributed by atoms with E-state index in [1.54, 1.807) is 16.4 Å². The molecule has 1 fully saturated rings. The van der Waals surface area contributed by atoms with Crippen LogP contribution in [0.2, 0.25) is 0 Å². The molecule has 0 aliphatic carbocycles. The Morgan fingerprint density at radius 3 is 2.57 bits per heavy atom. The van der Waals surface area contributed by atoms with Crippen molar-refractivity contribution >= 4 is 17.7 Å². The Kier molecular flexibility index (Phi) is 5.71. The minimum absolute atomic E-state index is 0.123. The predicted molar refractivity (Wildman–Crippen MR) is 109 cm³/mol. The van der Waals surface area contributed by atoms with Crippen LogP contribution in [0.15, 0.2) is 59.5 Å². The lowest BCUT2D eigenvalue weighted by Crippen LogP contribution is -2.38. The number of amides is 1. The number of benzene rings is 2. The van der Waals surface area contributed by atoms with Crippen molar-refractivity contribution in [3.63, 3.8) is 0 Å². The Morgan fingerprint density at radius 1 is 1.07 bits per heavy atom. The van der Waals surface area contributed by atoms with Crippen molar-refractivity contribution in [2.75, 3.05) is 13.1 Å². The second-order valence-corrected chi connectivity index (χ2v) is 8.12. The number of nitrogens with zero attached hydrogens (tertiary/aromatic N) is 5. The topological polar surface area (TPSA) is 63.9 Å². The minimum atomic E-state index is 0.123. The minimum Gasteiger partial charge on any atom is -0.339 e. The number of aromatic nitrogens is 4. The quantitative estimate of drug-likeness (QED) is 0.617. The summed E-state index contributed by atoms with van der Waals surface area (Å²) in [5.41, 5.74) is 1.69. The average molecular weight is 394 g/mol. The first-order valence-corrected chi connectivity index (χ1v) is 10.5. The lowest BCUT2D eigenvalue weighted by Gasteiger charge is -2.30. The zero-order valence-corrected chi connectivity index (χ0v) is 16.7. The van der Waals surface area contributed by atoms with Crippen LogP contribution in [0.1, 0.15) is 35.9 Å². The molecule has 0 saturated carbocycles. The van der Waals surface area contributed by atoms with Crippen LogP contribution in [0.25, 0.3) is 5.69 Å². The van der Waals surface area contributed by atoms with Crippen LogP contribution in [0, 0.1) is 5.92 Å². The Bertz CT molecular complexity index is 935. The number of thioether (sulfide) groups is 1. The summed E-state index contributed by atoms with van der Waals surface area (Å²) < 4.78 is 1.74. The Hall–Kier alpha value is -2.67. The monoisotopic (exact) mass is 393 g/mol. The van der Waals surface area contributed by atoms with E-state index in [1.165, 1.54) is 0 Å². The molecule has 3 aromatic rings. The van der Waals surface area contributed by atoms with Crippen molar-refractivity contribution in [3.8, 4) is 5.69 Å². The third kappa shape index (κ3) is 4.09. The fraction of sp³-hybridized carbons (Fsp3) is 0.333. The van der Waals surface area contributed by atoms with Gasteiger partial charge in [-0.2, -0.15) is 4.68 Å². The zero-order valence-electron chi connectivity index (χ0n) is 15.9. The van der Waals surface area contributed by atoms with Gasteiger partial charge in [0.2, 0.25) is 0 Å². The third-order valence-electron chi connectivity index (χ3n) is 5.08. The van der Waals surface area contributed by atoms with E-state index in [0.29, 0.717) is 11.7 Å². The van der Waals surface area contributed by atoms with E-state index < -0.39 is 0 Å². The first kappa shape index (κ1) is 18.7.